The van der Waals surface area contributed by atoms with E-state index in [1.165, 1.54) is 30.3 Å². The number of nitrogens with one attached hydrogen (secondary N) is 3. The fourth-order valence-electron chi connectivity index (χ4n) is 3.03. The number of aryl methyl sites for hydroxylation is 1. The van der Waals surface area contributed by atoms with Crippen LogP contribution >= 0.6 is 23.2 Å². The molecule has 3 aromatic rings. The first-order valence-electron chi connectivity index (χ1n) is 10.1. The third-order valence-electron chi connectivity index (χ3n) is 4.78. The van der Waals surface area contributed by atoms with Crippen LogP contribution < -0.4 is 21.1 Å². The van der Waals surface area contributed by atoms with Crippen LogP contribution in [-0.4, -0.2) is 40.3 Å². The second-order valence-electron chi connectivity index (χ2n) is 7.35. The third-order valence-corrected chi connectivity index (χ3v) is 5.73. The number of aromatic amines is 1. The van der Waals surface area contributed by atoms with Gasteiger partial charge >= 0.3 is 5.97 Å². The van der Waals surface area contributed by atoms with Crippen molar-refractivity contribution in [3.63, 3.8) is 0 Å². The number of nitrogens with two attached hydrogens (primary N) is 1. The molecule has 0 saturated heterocycles. The van der Waals surface area contributed by atoms with E-state index in [1.54, 1.807) is 19.1 Å². The summed E-state index contributed by atoms with van der Waals surface area (Å²) in [5, 5.41) is 13.9. The molecule has 0 unspecified atom stereocenters. The summed E-state index contributed by atoms with van der Waals surface area (Å²) in [6, 6.07) is 10.6. The quantitative estimate of drug-likeness (QED) is 0.291. The highest BCUT2D eigenvalue weighted by molar-refractivity contribution is 6.44. The molecule has 0 aliphatic heterocycles. The number of hydrogen-bond acceptors (Lipinski definition) is 5. The Hall–Kier alpha value is -4.02. The summed E-state index contributed by atoms with van der Waals surface area (Å²) in [5.74, 6) is -2.87. The van der Waals surface area contributed by atoms with Crippen LogP contribution in [0.25, 0.3) is 0 Å². The van der Waals surface area contributed by atoms with Crippen molar-refractivity contribution < 1.29 is 29.0 Å². The zero-order valence-corrected chi connectivity index (χ0v) is 19.8. The molecule has 35 heavy (non-hydrogen) atoms. The van der Waals surface area contributed by atoms with Crippen molar-refractivity contribution in [2.45, 2.75) is 13.5 Å². The van der Waals surface area contributed by atoms with Gasteiger partial charge < -0.3 is 31.2 Å². The smallest absolute Gasteiger partial charge is 0.322 e. The van der Waals surface area contributed by atoms with Crippen molar-refractivity contribution in [3.05, 3.63) is 80.6 Å². The predicted octanol–water partition coefficient (Wildman–Crippen LogP) is 3.37. The first kappa shape index (κ1) is 25.6. The van der Waals surface area contributed by atoms with E-state index in [9.17, 15) is 19.2 Å². The number of hydrogen-bond donors (Lipinski definition) is 5. The van der Waals surface area contributed by atoms with Gasteiger partial charge in [-0.25, -0.2) is 0 Å². The molecule has 0 aliphatic carbocycles. The number of carbonyl (C=O) groups is 4. The molecule has 0 atom stereocenters. The molecule has 0 bridgehead atoms. The highest BCUT2D eigenvalue weighted by Crippen LogP contribution is 2.31. The summed E-state index contributed by atoms with van der Waals surface area (Å²) in [6.07, 6.45) is 0. The van der Waals surface area contributed by atoms with Crippen LogP contribution in [0.4, 0.5) is 5.69 Å². The SMILES string of the molecule is Cc1[nH]c(C(=O)Nc2ccc(C(N)=O)cc2OCc2cccc(C(=O)NCC(=O)O)c2)c(Cl)c1Cl. The highest BCUT2D eigenvalue weighted by Gasteiger charge is 2.20. The lowest BCUT2D eigenvalue weighted by Gasteiger charge is -2.14. The number of ether oxygens (including phenoxy) is 1. The zero-order chi connectivity index (χ0) is 25.7. The fourth-order valence-corrected chi connectivity index (χ4v) is 3.45. The van der Waals surface area contributed by atoms with Crippen LogP contribution in [0.3, 0.4) is 0 Å². The molecule has 182 valence electrons. The normalized spacial score (nSPS) is 10.5. The fraction of sp³-hybridized carbons (Fsp3) is 0.130. The van der Waals surface area contributed by atoms with E-state index in [-0.39, 0.29) is 44.9 Å². The second-order valence-corrected chi connectivity index (χ2v) is 8.10. The van der Waals surface area contributed by atoms with Gasteiger partial charge in [0.2, 0.25) is 5.91 Å². The van der Waals surface area contributed by atoms with Gasteiger partial charge in [0.1, 0.15) is 24.6 Å². The maximum Gasteiger partial charge on any atom is 0.322 e. The molecule has 0 aliphatic rings. The van der Waals surface area contributed by atoms with E-state index in [2.05, 4.69) is 15.6 Å². The Kier molecular flexibility index (Phi) is 8.00. The number of aliphatic carboxylic acids is 1. The Bertz CT molecular complexity index is 1320. The number of primary amides is 1. The number of benzene rings is 2. The van der Waals surface area contributed by atoms with Gasteiger partial charge in [-0.3, -0.25) is 19.2 Å². The Morgan fingerprint density at radius 1 is 1.03 bits per heavy atom. The molecule has 3 amide bonds. The van der Waals surface area contributed by atoms with Gasteiger partial charge in [-0.1, -0.05) is 35.3 Å². The highest BCUT2D eigenvalue weighted by atomic mass is 35.5. The zero-order valence-electron chi connectivity index (χ0n) is 18.3. The van der Waals surface area contributed by atoms with Crippen LogP contribution in [0.1, 0.15) is 42.5 Å². The molecule has 2 aromatic carbocycles. The molecule has 0 spiro atoms. The predicted molar refractivity (Wildman–Crippen MR) is 129 cm³/mol. The van der Waals surface area contributed by atoms with E-state index in [0.717, 1.165) is 0 Å². The molecule has 1 aromatic heterocycles. The number of halogens is 2. The molecule has 0 radical (unpaired) electrons. The van der Waals surface area contributed by atoms with E-state index in [0.29, 0.717) is 11.3 Å². The van der Waals surface area contributed by atoms with E-state index >= 15 is 0 Å². The first-order valence-corrected chi connectivity index (χ1v) is 10.8. The van der Waals surface area contributed by atoms with Crippen LogP contribution in [0, 0.1) is 6.92 Å². The van der Waals surface area contributed by atoms with Gasteiger partial charge in [-0.2, -0.15) is 0 Å². The molecule has 10 nitrogen and oxygen atoms in total. The van der Waals surface area contributed by atoms with Crippen molar-refractivity contribution in [3.8, 4) is 5.75 Å². The maximum absolute atomic E-state index is 12.8. The molecule has 1 heterocycles. The Morgan fingerprint density at radius 3 is 2.40 bits per heavy atom. The topological polar surface area (TPSA) is 164 Å². The summed E-state index contributed by atoms with van der Waals surface area (Å²) in [6.45, 7) is 1.11. The van der Waals surface area contributed by atoms with E-state index in [1.807, 2.05) is 0 Å². The minimum Gasteiger partial charge on any atom is -0.487 e. The van der Waals surface area contributed by atoms with Crippen LogP contribution in [0.15, 0.2) is 42.5 Å². The van der Waals surface area contributed by atoms with E-state index in [4.69, 9.17) is 38.8 Å². The average molecular weight is 519 g/mol. The van der Waals surface area contributed by atoms with Gasteiger partial charge in [0.15, 0.2) is 0 Å². The van der Waals surface area contributed by atoms with Crippen molar-refractivity contribution in [1.82, 2.24) is 10.3 Å². The number of amides is 3. The Morgan fingerprint density at radius 2 is 1.77 bits per heavy atom. The Balaban J connectivity index is 1.81. The number of carboxylic acid groups (broad SMARTS) is 1. The Labute approximate surface area is 209 Å². The summed E-state index contributed by atoms with van der Waals surface area (Å²) in [4.78, 5) is 50.0. The van der Waals surface area contributed by atoms with Crippen LogP contribution in [0.2, 0.25) is 10.0 Å². The molecule has 6 N–H and O–H groups in total. The molecule has 0 fully saturated rings. The monoisotopic (exact) mass is 518 g/mol. The standard InChI is InChI=1S/C23H20Cl2N4O6/c1-11-18(24)19(25)20(28-11)23(34)29-15-6-5-13(21(26)32)8-16(15)35-10-12-3-2-4-14(7-12)22(33)27-9-17(30)31/h2-8,28H,9-10H2,1H3,(H2,26,32)(H,27,33)(H,29,34)(H,30,31). The van der Waals surface area contributed by atoms with Crippen LogP contribution in [-0.2, 0) is 11.4 Å². The minimum absolute atomic E-state index is 0.0423. The summed E-state index contributed by atoms with van der Waals surface area (Å²) < 4.78 is 5.83. The maximum atomic E-state index is 12.8. The number of H-pyrrole nitrogens is 1. The second kappa shape index (κ2) is 10.9. The lowest BCUT2D eigenvalue weighted by molar-refractivity contribution is -0.135. The van der Waals surface area contributed by atoms with E-state index < -0.39 is 30.2 Å². The summed E-state index contributed by atoms with van der Waals surface area (Å²) in [7, 11) is 0. The summed E-state index contributed by atoms with van der Waals surface area (Å²) in [5.41, 5.74) is 7.14. The largest absolute Gasteiger partial charge is 0.487 e. The van der Waals surface area contributed by atoms with Crippen molar-refractivity contribution in [2.24, 2.45) is 5.73 Å². The molecular formula is C23H20Cl2N4O6. The lowest BCUT2D eigenvalue weighted by atomic mass is 10.1. The minimum atomic E-state index is -1.17. The average Bonchev–Trinajstić information content (AvgIpc) is 3.09. The number of anilines is 1. The number of rotatable bonds is 9. The molecule has 3 rings (SSSR count). The van der Waals surface area contributed by atoms with Crippen molar-refractivity contribution in [2.75, 3.05) is 11.9 Å². The number of aromatic nitrogens is 1. The molecule has 12 heteroatoms. The van der Waals surface area contributed by atoms with Gasteiger partial charge in [0, 0.05) is 16.8 Å². The molecule has 0 saturated carbocycles. The van der Waals surface area contributed by atoms with Gasteiger partial charge in [0.05, 0.1) is 15.7 Å². The van der Waals surface area contributed by atoms with Crippen molar-refractivity contribution >= 4 is 52.6 Å². The van der Waals surface area contributed by atoms with Gasteiger partial charge in [-0.05, 0) is 42.8 Å². The third kappa shape index (κ3) is 6.31. The van der Waals surface area contributed by atoms with Gasteiger partial charge in [-0.15, -0.1) is 0 Å². The number of carboxylic acids is 1. The molecular weight excluding hydrogens is 499 g/mol. The van der Waals surface area contributed by atoms with Crippen LogP contribution in [0.5, 0.6) is 5.75 Å². The lowest BCUT2D eigenvalue weighted by Crippen LogP contribution is -2.29. The first-order chi connectivity index (χ1) is 16.6. The summed E-state index contributed by atoms with van der Waals surface area (Å²) >= 11 is 12.2. The van der Waals surface area contributed by atoms with Gasteiger partial charge in [0.25, 0.3) is 11.8 Å². The number of carbonyl (C=O) groups excluding carboxylic acids is 3. The van der Waals surface area contributed by atoms with Crippen molar-refractivity contribution in [1.29, 1.82) is 0 Å².